The number of hydrogen-bond donors (Lipinski definition) is 3. The van der Waals surface area contributed by atoms with Crippen LogP contribution in [0.25, 0.3) is 0 Å². The molecule has 1 amide bonds. The minimum atomic E-state index is -0.914. The summed E-state index contributed by atoms with van der Waals surface area (Å²) in [6.45, 7) is 6.98. The highest BCUT2D eigenvalue weighted by molar-refractivity contribution is 5.78. The summed E-state index contributed by atoms with van der Waals surface area (Å²) in [5.74, 6) is -1.14. The van der Waals surface area contributed by atoms with E-state index in [1.54, 1.807) is 20.8 Å². The van der Waals surface area contributed by atoms with E-state index in [9.17, 15) is 9.59 Å². The summed E-state index contributed by atoms with van der Waals surface area (Å²) >= 11 is 0. The normalized spacial score (nSPS) is 15.1. The van der Waals surface area contributed by atoms with Gasteiger partial charge in [-0.2, -0.15) is 0 Å². The van der Waals surface area contributed by atoms with Gasteiger partial charge in [-0.15, -0.1) is 0 Å². The van der Waals surface area contributed by atoms with Crippen LogP contribution in [0.5, 0.6) is 0 Å². The van der Waals surface area contributed by atoms with Crippen LogP contribution in [-0.4, -0.2) is 34.2 Å². The van der Waals surface area contributed by atoms with Crippen LogP contribution in [0.15, 0.2) is 0 Å². The van der Waals surface area contributed by atoms with E-state index in [-0.39, 0.29) is 25.4 Å². The molecule has 17 heavy (non-hydrogen) atoms. The Morgan fingerprint density at radius 1 is 1.18 bits per heavy atom. The second-order valence-corrected chi connectivity index (χ2v) is 5.53. The number of carboxylic acids is 1. The second kappa shape index (κ2) is 6.00. The van der Waals surface area contributed by atoms with Gasteiger partial charge in [0.25, 0.3) is 0 Å². The van der Waals surface area contributed by atoms with Gasteiger partial charge < -0.3 is 15.5 Å². The molecule has 1 unspecified atom stereocenters. The number of hydrogen-bond acceptors (Lipinski definition) is 3. The number of carbonyl (C=O) groups excluding carboxylic acids is 1. The molecule has 0 radical (unpaired) electrons. The largest absolute Gasteiger partial charge is 0.481 e. The van der Waals surface area contributed by atoms with E-state index in [1.165, 1.54) is 0 Å². The van der Waals surface area contributed by atoms with Crippen molar-refractivity contribution in [3.8, 4) is 0 Å². The summed E-state index contributed by atoms with van der Waals surface area (Å²) in [7, 11) is 0. The fourth-order valence-corrected chi connectivity index (χ4v) is 1.53. The van der Waals surface area contributed by atoms with E-state index < -0.39 is 16.9 Å². The van der Waals surface area contributed by atoms with Crippen LogP contribution in [0, 0.1) is 5.41 Å². The zero-order valence-electron chi connectivity index (χ0n) is 11.0. The standard InChI is InChI=1S/C12H23NO4/c1-5-12(4,8-14)13-9(15)6-11(2,3)7-10(16)17/h14H,5-8H2,1-4H3,(H,13,15)(H,16,17). The van der Waals surface area contributed by atoms with E-state index >= 15 is 0 Å². The van der Waals surface area contributed by atoms with Crippen molar-refractivity contribution < 1.29 is 19.8 Å². The molecular formula is C12H23NO4. The monoisotopic (exact) mass is 245 g/mol. The van der Waals surface area contributed by atoms with E-state index in [1.807, 2.05) is 6.92 Å². The predicted octanol–water partition coefficient (Wildman–Crippen LogP) is 1.15. The van der Waals surface area contributed by atoms with Crippen LogP contribution < -0.4 is 5.32 Å². The highest BCUT2D eigenvalue weighted by Crippen LogP contribution is 2.25. The minimum absolute atomic E-state index is 0.0532. The van der Waals surface area contributed by atoms with Crippen molar-refractivity contribution in [1.29, 1.82) is 0 Å². The molecule has 0 fully saturated rings. The lowest BCUT2D eigenvalue weighted by molar-refractivity contribution is -0.139. The lowest BCUT2D eigenvalue weighted by Gasteiger charge is -2.29. The Morgan fingerprint density at radius 2 is 1.71 bits per heavy atom. The fourth-order valence-electron chi connectivity index (χ4n) is 1.53. The summed E-state index contributed by atoms with van der Waals surface area (Å²) in [6.07, 6.45) is 0.700. The van der Waals surface area contributed by atoms with E-state index in [4.69, 9.17) is 10.2 Å². The lowest BCUT2D eigenvalue weighted by atomic mass is 9.85. The van der Waals surface area contributed by atoms with Gasteiger partial charge in [0, 0.05) is 6.42 Å². The molecule has 0 rings (SSSR count). The average molecular weight is 245 g/mol. The zero-order chi connectivity index (χ0) is 13.7. The molecule has 0 bridgehead atoms. The summed E-state index contributed by atoms with van der Waals surface area (Å²) < 4.78 is 0. The third-order valence-corrected chi connectivity index (χ3v) is 2.84. The molecule has 1 atom stereocenters. The van der Waals surface area contributed by atoms with Crippen LogP contribution in [0.4, 0.5) is 0 Å². The molecule has 5 nitrogen and oxygen atoms in total. The Hall–Kier alpha value is -1.10. The van der Waals surface area contributed by atoms with Gasteiger partial charge in [0.1, 0.15) is 0 Å². The molecule has 5 heteroatoms. The highest BCUT2D eigenvalue weighted by Gasteiger charge is 2.29. The predicted molar refractivity (Wildman–Crippen MR) is 64.6 cm³/mol. The number of rotatable bonds is 7. The molecule has 0 heterocycles. The van der Waals surface area contributed by atoms with Gasteiger partial charge in [-0.1, -0.05) is 20.8 Å². The van der Waals surface area contributed by atoms with Crippen molar-refractivity contribution in [1.82, 2.24) is 5.32 Å². The quantitative estimate of drug-likeness (QED) is 0.628. The maximum Gasteiger partial charge on any atom is 0.303 e. The van der Waals surface area contributed by atoms with Gasteiger partial charge >= 0.3 is 5.97 Å². The highest BCUT2D eigenvalue weighted by atomic mass is 16.4. The molecular weight excluding hydrogens is 222 g/mol. The molecule has 0 aliphatic carbocycles. The number of aliphatic hydroxyl groups is 1. The Balaban J connectivity index is 4.40. The SMILES string of the molecule is CCC(C)(CO)NC(=O)CC(C)(C)CC(=O)O. The Morgan fingerprint density at radius 3 is 2.06 bits per heavy atom. The molecule has 0 aromatic heterocycles. The van der Waals surface area contributed by atoms with Gasteiger partial charge in [0.15, 0.2) is 0 Å². The van der Waals surface area contributed by atoms with Gasteiger partial charge in [-0.3, -0.25) is 9.59 Å². The zero-order valence-corrected chi connectivity index (χ0v) is 11.0. The summed E-state index contributed by atoms with van der Waals surface area (Å²) in [5, 5.41) is 20.6. The molecule has 0 spiro atoms. The molecule has 0 aliphatic heterocycles. The molecule has 3 N–H and O–H groups in total. The number of amides is 1. The van der Waals surface area contributed by atoms with Crippen molar-refractivity contribution in [2.24, 2.45) is 5.41 Å². The van der Waals surface area contributed by atoms with Crippen molar-refractivity contribution in [2.75, 3.05) is 6.61 Å². The summed E-state index contributed by atoms with van der Waals surface area (Å²) in [4.78, 5) is 22.4. The van der Waals surface area contributed by atoms with Crippen molar-refractivity contribution >= 4 is 11.9 Å². The first-order valence-corrected chi connectivity index (χ1v) is 5.78. The summed E-state index contributed by atoms with van der Waals surface area (Å²) in [5.41, 5.74) is -1.21. The van der Waals surface area contributed by atoms with Crippen molar-refractivity contribution in [3.05, 3.63) is 0 Å². The van der Waals surface area contributed by atoms with Gasteiger partial charge in [-0.05, 0) is 18.8 Å². The number of carbonyl (C=O) groups is 2. The van der Waals surface area contributed by atoms with Crippen LogP contribution in [0.3, 0.4) is 0 Å². The molecule has 0 aliphatic rings. The number of nitrogens with one attached hydrogen (secondary N) is 1. The smallest absolute Gasteiger partial charge is 0.303 e. The first-order valence-electron chi connectivity index (χ1n) is 5.78. The first kappa shape index (κ1) is 15.9. The van der Waals surface area contributed by atoms with E-state index in [0.717, 1.165) is 0 Å². The third-order valence-electron chi connectivity index (χ3n) is 2.84. The summed E-state index contributed by atoms with van der Waals surface area (Å²) in [6, 6.07) is 0. The molecule has 0 saturated heterocycles. The van der Waals surface area contributed by atoms with Crippen molar-refractivity contribution in [2.45, 2.75) is 52.5 Å². The second-order valence-electron chi connectivity index (χ2n) is 5.53. The molecule has 0 saturated carbocycles. The molecule has 0 aromatic carbocycles. The van der Waals surface area contributed by atoms with Gasteiger partial charge in [0.2, 0.25) is 5.91 Å². The van der Waals surface area contributed by atoms with Gasteiger partial charge in [0.05, 0.1) is 18.6 Å². The minimum Gasteiger partial charge on any atom is -0.481 e. The number of carboxylic acid groups (broad SMARTS) is 1. The average Bonchev–Trinajstić information content (AvgIpc) is 2.14. The Labute approximate surface area is 102 Å². The maximum absolute atomic E-state index is 11.8. The van der Waals surface area contributed by atoms with E-state index in [2.05, 4.69) is 5.32 Å². The van der Waals surface area contributed by atoms with Crippen LogP contribution >= 0.6 is 0 Å². The molecule has 0 aromatic rings. The lowest BCUT2D eigenvalue weighted by Crippen LogP contribution is -2.49. The van der Waals surface area contributed by atoms with Crippen LogP contribution in [0.2, 0.25) is 0 Å². The maximum atomic E-state index is 11.8. The van der Waals surface area contributed by atoms with Crippen LogP contribution in [0.1, 0.15) is 47.0 Å². The van der Waals surface area contributed by atoms with Crippen LogP contribution in [-0.2, 0) is 9.59 Å². The Kier molecular flexibility index (Phi) is 5.61. The van der Waals surface area contributed by atoms with E-state index in [0.29, 0.717) is 6.42 Å². The fraction of sp³-hybridized carbons (Fsp3) is 0.833. The third kappa shape index (κ3) is 6.26. The van der Waals surface area contributed by atoms with Crippen molar-refractivity contribution in [3.63, 3.8) is 0 Å². The van der Waals surface area contributed by atoms with Gasteiger partial charge in [-0.25, -0.2) is 0 Å². The topological polar surface area (TPSA) is 86.6 Å². The Bertz CT molecular complexity index is 282. The molecule has 100 valence electrons. The first-order chi connectivity index (χ1) is 7.64. The number of aliphatic carboxylic acids is 1. The number of aliphatic hydroxyl groups excluding tert-OH is 1.